The summed E-state index contributed by atoms with van der Waals surface area (Å²) in [5.74, 6) is -0.316. The van der Waals surface area contributed by atoms with Crippen LogP contribution < -0.4 is 10.6 Å². The van der Waals surface area contributed by atoms with E-state index in [0.29, 0.717) is 25.2 Å². The zero-order chi connectivity index (χ0) is 28.9. The van der Waals surface area contributed by atoms with Crippen molar-refractivity contribution in [2.24, 2.45) is 12.5 Å². The van der Waals surface area contributed by atoms with Gasteiger partial charge in [0.2, 0.25) is 11.8 Å². The molecule has 0 aliphatic carbocycles. The number of aryl methyl sites for hydroxylation is 1. The average molecular weight is 546 g/mol. The maximum atomic E-state index is 14.1. The van der Waals surface area contributed by atoms with Gasteiger partial charge in [-0.25, -0.2) is 0 Å². The molecule has 0 bridgehead atoms. The van der Waals surface area contributed by atoms with Crippen molar-refractivity contribution in [3.63, 3.8) is 0 Å². The number of aromatic nitrogens is 1. The molecule has 0 saturated carbocycles. The summed E-state index contributed by atoms with van der Waals surface area (Å²) in [6, 6.07) is 17.3. The summed E-state index contributed by atoms with van der Waals surface area (Å²) in [6.45, 7) is 7.67. The first-order valence-corrected chi connectivity index (χ1v) is 14.2. The summed E-state index contributed by atoms with van der Waals surface area (Å²) in [7, 11) is 3.67. The van der Waals surface area contributed by atoms with Crippen molar-refractivity contribution in [3.05, 3.63) is 71.9 Å². The second kappa shape index (κ2) is 12.7. The molecule has 0 spiro atoms. The molecule has 8 heteroatoms. The van der Waals surface area contributed by atoms with Crippen LogP contribution in [0.15, 0.2) is 60.8 Å². The van der Waals surface area contributed by atoms with Crippen LogP contribution in [0.2, 0.25) is 0 Å². The van der Waals surface area contributed by atoms with Gasteiger partial charge in [-0.05, 0) is 43.4 Å². The Labute approximate surface area is 237 Å². The number of para-hydroxylation sites is 1. The van der Waals surface area contributed by atoms with Crippen LogP contribution >= 0.6 is 0 Å². The highest BCUT2D eigenvalue weighted by Gasteiger charge is 2.40. The number of benzene rings is 2. The van der Waals surface area contributed by atoms with Gasteiger partial charge in [-0.2, -0.15) is 0 Å². The van der Waals surface area contributed by atoms with E-state index in [2.05, 4.69) is 22.8 Å². The molecule has 214 valence electrons. The zero-order valence-electron chi connectivity index (χ0n) is 24.4. The summed E-state index contributed by atoms with van der Waals surface area (Å²) in [6.07, 6.45) is 4.32. The zero-order valence-corrected chi connectivity index (χ0v) is 24.4. The Morgan fingerprint density at radius 2 is 1.75 bits per heavy atom. The van der Waals surface area contributed by atoms with Crippen LogP contribution in [0, 0.1) is 5.41 Å². The third-order valence-electron chi connectivity index (χ3n) is 7.77. The van der Waals surface area contributed by atoms with E-state index in [1.807, 2.05) is 90.8 Å². The fourth-order valence-electron chi connectivity index (χ4n) is 5.62. The lowest BCUT2D eigenvalue weighted by molar-refractivity contribution is -0.140. The molecule has 1 aromatic heterocycles. The Kier molecular flexibility index (Phi) is 9.30. The third kappa shape index (κ3) is 6.73. The molecule has 2 atom stereocenters. The minimum atomic E-state index is -0.652. The van der Waals surface area contributed by atoms with E-state index < -0.39 is 11.5 Å². The Morgan fingerprint density at radius 3 is 2.45 bits per heavy atom. The van der Waals surface area contributed by atoms with Gasteiger partial charge in [-0.1, -0.05) is 69.3 Å². The number of amides is 3. The van der Waals surface area contributed by atoms with E-state index in [9.17, 15) is 14.4 Å². The predicted molar refractivity (Wildman–Crippen MR) is 159 cm³/mol. The quantitative estimate of drug-likeness (QED) is 0.408. The number of carbonyl (C=O) groups is 3. The summed E-state index contributed by atoms with van der Waals surface area (Å²) < 4.78 is 1.99. The molecule has 2 aromatic carbocycles. The molecular weight excluding hydrogens is 502 g/mol. The fourth-order valence-corrected chi connectivity index (χ4v) is 5.62. The van der Waals surface area contributed by atoms with Crippen LogP contribution in [0.5, 0.6) is 0 Å². The van der Waals surface area contributed by atoms with Gasteiger partial charge in [0, 0.05) is 49.8 Å². The van der Waals surface area contributed by atoms with E-state index in [-0.39, 0.29) is 30.3 Å². The Balaban J connectivity index is 1.59. The molecule has 3 amide bonds. The molecule has 1 saturated heterocycles. The molecule has 0 radical (unpaired) electrons. The van der Waals surface area contributed by atoms with E-state index in [1.165, 1.54) is 0 Å². The highest BCUT2D eigenvalue weighted by Crippen LogP contribution is 2.28. The molecular formula is C32H43N5O3. The number of nitrogens with zero attached hydrogens (tertiary/aromatic N) is 3. The van der Waals surface area contributed by atoms with Crippen LogP contribution in [-0.4, -0.2) is 77.4 Å². The predicted octanol–water partition coefficient (Wildman–Crippen LogP) is 3.60. The number of fused-ring (bicyclic) bond motifs is 1. The highest BCUT2D eigenvalue weighted by molar-refractivity contribution is 6.07. The van der Waals surface area contributed by atoms with Crippen LogP contribution in [0.25, 0.3) is 10.9 Å². The van der Waals surface area contributed by atoms with Crippen molar-refractivity contribution in [1.29, 1.82) is 0 Å². The second-order valence-electron chi connectivity index (χ2n) is 11.9. The molecule has 2 heterocycles. The molecule has 4 rings (SSSR count). The second-order valence-corrected chi connectivity index (χ2v) is 11.9. The van der Waals surface area contributed by atoms with E-state index in [0.717, 1.165) is 35.7 Å². The number of likely N-dealkylation sites (N-methyl/N-ethyl adjacent to an activating group) is 1. The van der Waals surface area contributed by atoms with Gasteiger partial charge in [0.05, 0.1) is 12.1 Å². The van der Waals surface area contributed by atoms with Gasteiger partial charge in [-0.3, -0.25) is 14.4 Å². The largest absolute Gasteiger partial charge is 0.350 e. The SMILES string of the molecule is CNCC(=O)NC(C(=O)N1CCCC1CN(CCc1ccccc1)C(=O)c1cn(C)c2ccccc12)C(C)(C)C. The molecule has 1 aliphatic rings. The van der Waals surface area contributed by atoms with Gasteiger partial charge in [0.25, 0.3) is 5.91 Å². The van der Waals surface area contributed by atoms with Crippen LogP contribution in [0.4, 0.5) is 0 Å². The number of hydrogen-bond acceptors (Lipinski definition) is 4. The van der Waals surface area contributed by atoms with Crippen LogP contribution in [0.3, 0.4) is 0 Å². The normalized spacial score (nSPS) is 16.2. The average Bonchev–Trinajstić information content (AvgIpc) is 3.53. The number of rotatable bonds is 10. The first-order valence-electron chi connectivity index (χ1n) is 14.2. The van der Waals surface area contributed by atoms with E-state index in [1.54, 1.807) is 7.05 Å². The minimum absolute atomic E-state index is 0.0262. The topological polar surface area (TPSA) is 86.7 Å². The molecule has 8 nitrogen and oxygen atoms in total. The lowest BCUT2D eigenvalue weighted by Gasteiger charge is -2.37. The van der Waals surface area contributed by atoms with Crippen molar-refractivity contribution in [3.8, 4) is 0 Å². The molecule has 2 N–H and O–H groups in total. The fraction of sp³-hybridized carbons (Fsp3) is 0.469. The lowest BCUT2D eigenvalue weighted by atomic mass is 9.85. The monoisotopic (exact) mass is 545 g/mol. The van der Waals surface area contributed by atoms with Gasteiger partial charge in [-0.15, -0.1) is 0 Å². The number of hydrogen-bond donors (Lipinski definition) is 2. The molecule has 1 fully saturated rings. The van der Waals surface area contributed by atoms with Crippen molar-refractivity contribution >= 4 is 28.6 Å². The molecule has 3 aromatic rings. The smallest absolute Gasteiger partial charge is 0.256 e. The Morgan fingerprint density at radius 1 is 1.05 bits per heavy atom. The Bertz CT molecular complexity index is 1330. The standard InChI is InChI=1S/C32H43N5O3/c1-32(2,3)29(34-28(38)20-33-4)31(40)37-18-11-14-24(37)21-36(19-17-23-12-7-6-8-13-23)30(39)26-22-35(5)27-16-10-9-15-25(26)27/h6-10,12-13,15-16,22,24,29,33H,11,14,17-21H2,1-5H3,(H,34,38). The number of carbonyl (C=O) groups excluding carboxylic acids is 3. The first kappa shape index (κ1) is 29.3. The van der Waals surface area contributed by atoms with E-state index >= 15 is 0 Å². The van der Waals surface area contributed by atoms with Crippen LogP contribution in [0.1, 0.15) is 49.5 Å². The van der Waals surface area contributed by atoms with Crippen molar-refractivity contribution < 1.29 is 14.4 Å². The van der Waals surface area contributed by atoms with Gasteiger partial charge < -0.3 is 25.0 Å². The van der Waals surface area contributed by atoms with Gasteiger partial charge in [0.1, 0.15) is 6.04 Å². The van der Waals surface area contributed by atoms with Crippen LogP contribution in [-0.2, 0) is 23.1 Å². The molecule has 1 aliphatic heterocycles. The minimum Gasteiger partial charge on any atom is -0.350 e. The summed E-state index contributed by atoms with van der Waals surface area (Å²) in [4.78, 5) is 44.3. The summed E-state index contributed by atoms with van der Waals surface area (Å²) in [5.41, 5.74) is 2.39. The van der Waals surface area contributed by atoms with Crippen molar-refractivity contribution in [2.45, 2.75) is 52.1 Å². The number of likely N-dealkylation sites (tertiary alicyclic amines) is 1. The first-order chi connectivity index (χ1) is 19.1. The lowest BCUT2D eigenvalue weighted by Crippen LogP contribution is -2.58. The molecule has 2 unspecified atom stereocenters. The third-order valence-corrected chi connectivity index (χ3v) is 7.77. The van der Waals surface area contributed by atoms with Gasteiger partial charge >= 0.3 is 0 Å². The summed E-state index contributed by atoms with van der Waals surface area (Å²) >= 11 is 0. The summed E-state index contributed by atoms with van der Waals surface area (Å²) in [5, 5.41) is 6.74. The molecule has 40 heavy (non-hydrogen) atoms. The highest BCUT2D eigenvalue weighted by atomic mass is 16.2. The maximum absolute atomic E-state index is 14.1. The Hall–Kier alpha value is -3.65. The van der Waals surface area contributed by atoms with E-state index in [4.69, 9.17) is 0 Å². The number of nitrogens with one attached hydrogen (secondary N) is 2. The maximum Gasteiger partial charge on any atom is 0.256 e. The van der Waals surface area contributed by atoms with Crippen molar-refractivity contribution in [2.75, 3.05) is 33.2 Å². The van der Waals surface area contributed by atoms with Gasteiger partial charge in [0.15, 0.2) is 0 Å². The van der Waals surface area contributed by atoms with Crippen molar-refractivity contribution in [1.82, 2.24) is 25.0 Å².